The third-order valence-electron chi connectivity index (χ3n) is 1.86. The number of rotatable bonds is 6. The lowest BCUT2D eigenvalue weighted by atomic mass is 10.2. The van der Waals surface area contributed by atoms with Crippen molar-refractivity contribution >= 4 is 5.97 Å². The summed E-state index contributed by atoms with van der Waals surface area (Å²) in [5.41, 5.74) is 0. The van der Waals surface area contributed by atoms with Crippen LogP contribution >= 0.6 is 0 Å². The normalized spacial score (nSPS) is 15.1. The fraction of sp³-hybridized carbons (Fsp3) is 0.889. The summed E-state index contributed by atoms with van der Waals surface area (Å²) in [6.07, 6.45) is -15.3. The number of carboxylic acid groups (broad SMARTS) is 1. The van der Waals surface area contributed by atoms with Crippen LogP contribution in [0.2, 0.25) is 0 Å². The van der Waals surface area contributed by atoms with E-state index < -0.39 is 43.1 Å². The minimum absolute atomic E-state index is 0.445. The topological polar surface area (TPSA) is 58.6 Å². The number of nitrogens with one attached hydrogen (secondary N) is 1. The zero-order valence-electron chi connectivity index (χ0n) is 9.97. The molecule has 1 unspecified atom stereocenters. The Bertz CT molecular complexity index is 287. The third-order valence-corrected chi connectivity index (χ3v) is 1.86. The minimum atomic E-state index is -5.65. The Morgan fingerprint density at radius 3 is 1.84 bits per heavy atom. The second-order valence-electron chi connectivity index (χ2n) is 4.01. The highest BCUT2D eigenvalue weighted by molar-refractivity contribution is 5.73. The van der Waals surface area contributed by atoms with Crippen molar-refractivity contribution in [1.29, 1.82) is 0 Å². The molecule has 0 saturated carbocycles. The molecule has 0 bridgehead atoms. The minimum Gasteiger partial charge on any atom is -0.480 e. The lowest BCUT2D eigenvalue weighted by Gasteiger charge is -2.25. The van der Waals surface area contributed by atoms with Crippen molar-refractivity contribution < 1.29 is 41.0 Å². The molecule has 0 radical (unpaired) electrons. The lowest BCUT2D eigenvalue weighted by molar-refractivity contribution is -0.322. The monoisotopic (exact) mass is 297 g/mol. The van der Waals surface area contributed by atoms with Gasteiger partial charge in [-0.1, -0.05) is 13.8 Å². The molecule has 0 rings (SSSR count). The van der Waals surface area contributed by atoms with Crippen LogP contribution in [-0.2, 0) is 9.53 Å². The predicted octanol–water partition coefficient (Wildman–Crippen LogP) is 1.95. The first kappa shape index (κ1) is 18.0. The van der Waals surface area contributed by atoms with Crippen LogP contribution in [0.25, 0.3) is 0 Å². The molecular weight excluding hydrogens is 284 g/mol. The van der Waals surface area contributed by atoms with Gasteiger partial charge < -0.3 is 15.2 Å². The fourth-order valence-electron chi connectivity index (χ4n) is 1.16. The molecular formula is C9H13F6NO3. The van der Waals surface area contributed by atoms with Crippen molar-refractivity contribution in [2.45, 2.75) is 44.4 Å². The van der Waals surface area contributed by atoms with Crippen molar-refractivity contribution in [3.8, 4) is 0 Å². The van der Waals surface area contributed by atoms with Crippen LogP contribution in [0.15, 0.2) is 0 Å². The van der Waals surface area contributed by atoms with Crippen LogP contribution in [0.4, 0.5) is 26.3 Å². The zero-order valence-corrected chi connectivity index (χ0v) is 9.97. The number of carbonyl (C=O) groups is 1. The van der Waals surface area contributed by atoms with Gasteiger partial charge in [0.1, 0.15) is 6.04 Å². The molecule has 0 aliphatic rings. The summed E-state index contributed by atoms with van der Waals surface area (Å²) in [5, 5.41) is 10.9. The SMILES string of the molecule is CC(C)NC(COC(C(F)(F)F)C(F)(F)F)C(=O)O. The smallest absolute Gasteiger partial charge is 0.423 e. The van der Waals surface area contributed by atoms with Crippen molar-refractivity contribution in [2.75, 3.05) is 6.61 Å². The van der Waals surface area contributed by atoms with E-state index in [1.807, 2.05) is 0 Å². The second kappa shape index (κ2) is 6.42. The quantitative estimate of drug-likeness (QED) is 0.736. The lowest BCUT2D eigenvalue weighted by Crippen LogP contribution is -2.49. The van der Waals surface area contributed by atoms with Gasteiger partial charge in [0.2, 0.25) is 6.10 Å². The molecule has 0 amide bonds. The molecule has 4 nitrogen and oxygen atoms in total. The van der Waals surface area contributed by atoms with Crippen LogP contribution in [0.3, 0.4) is 0 Å². The molecule has 0 fully saturated rings. The summed E-state index contributed by atoms with van der Waals surface area (Å²) in [4.78, 5) is 10.6. The number of carboxylic acids is 1. The maximum absolute atomic E-state index is 12.1. The molecule has 1 atom stereocenters. The first-order chi connectivity index (χ1) is 8.35. The van der Waals surface area contributed by atoms with Gasteiger partial charge in [0.05, 0.1) is 6.61 Å². The Morgan fingerprint density at radius 1 is 1.16 bits per heavy atom. The number of alkyl halides is 6. The summed E-state index contributed by atoms with van der Waals surface area (Å²) in [6, 6.07) is -2.10. The molecule has 0 aromatic carbocycles. The van der Waals surface area contributed by atoms with Gasteiger partial charge in [-0.3, -0.25) is 4.79 Å². The Morgan fingerprint density at radius 2 is 1.58 bits per heavy atom. The van der Waals surface area contributed by atoms with Crippen LogP contribution in [-0.4, -0.2) is 48.2 Å². The van der Waals surface area contributed by atoms with Crippen LogP contribution in [0.5, 0.6) is 0 Å². The number of halogens is 6. The maximum atomic E-state index is 12.1. The number of hydrogen-bond acceptors (Lipinski definition) is 3. The molecule has 2 N–H and O–H groups in total. The first-order valence-electron chi connectivity index (χ1n) is 5.09. The van der Waals surface area contributed by atoms with Gasteiger partial charge >= 0.3 is 18.3 Å². The molecule has 19 heavy (non-hydrogen) atoms. The molecule has 10 heteroatoms. The van der Waals surface area contributed by atoms with Crippen LogP contribution in [0, 0.1) is 0 Å². The molecule has 0 aromatic heterocycles. The Labute approximate surface area is 104 Å². The van der Waals surface area contributed by atoms with Gasteiger partial charge in [0.25, 0.3) is 0 Å². The molecule has 0 aliphatic heterocycles. The standard InChI is InChI=1S/C9H13F6NO3/c1-4(2)16-5(6(17)18)3-19-7(8(10,11)12)9(13,14)15/h4-5,7,16H,3H2,1-2H3,(H,17,18). The molecule has 0 aliphatic carbocycles. The molecule has 0 heterocycles. The van der Waals surface area contributed by atoms with E-state index in [4.69, 9.17) is 5.11 Å². The van der Waals surface area contributed by atoms with Gasteiger partial charge in [-0.2, -0.15) is 26.3 Å². The van der Waals surface area contributed by atoms with E-state index >= 15 is 0 Å². The van der Waals surface area contributed by atoms with Gasteiger partial charge in [0, 0.05) is 6.04 Å². The highest BCUT2D eigenvalue weighted by Gasteiger charge is 2.58. The van der Waals surface area contributed by atoms with Gasteiger partial charge in [-0.15, -0.1) is 0 Å². The Kier molecular flexibility index (Phi) is 6.07. The number of hydrogen-bond donors (Lipinski definition) is 2. The largest absolute Gasteiger partial charge is 0.480 e. The molecule has 114 valence electrons. The summed E-state index contributed by atoms with van der Waals surface area (Å²) >= 11 is 0. The van der Waals surface area contributed by atoms with Crippen molar-refractivity contribution in [3.05, 3.63) is 0 Å². The molecule has 0 saturated heterocycles. The van der Waals surface area contributed by atoms with Gasteiger partial charge in [0.15, 0.2) is 0 Å². The first-order valence-corrected chi connectivity index (χ1v) is 5.09. The number of aliphatic carboxylic acids is 1. The Balaban J connectivity index is 4.74. The predicted molar refractivity (Wildman–Crippen MR) is 51.5 cm³/mol. The van der Waals surface area contributed by atoms with Crippen LogP contribution in [0.1, 0.15) is 13.8 Å². The van der Waals surface area contributed by atoms with E-state index in [-0.39, 0.29) is 0 Å². The highest BCUT2D eigenvalue weighted by Crippen LogP contribution is 2.35. The summed E-state index contributed by atoms with van der Waals surface area (Å²) in [6.45, 7) is 1.72. The summed E-state index contributed by atoms with van der Waals surface area (Å²) in [5.74, 6) is -1.60. The molecule has 0 aromatic rings. The zero-order chi connectivity index (χ0) is 15.4. The summed E-state index contributed by atoms with van der Waals surface area (Å²) < 4.78 is 76.4. The van der Waals surface area contributed by atoms with E-state index in [1.54, 1.807) is 0 Å². The van der Waals surface area contributed by atoms with E-state index in [0.29, 0.717) is 0 Å². The van der Waals surface area contributed by atoms with Crippen molar-refractivity contribution in [1.82, 2.24) is 5.32 Å². The van der Waals surface area contributed by atoms with Crippen molar-refractivity contribution in [3.63, 3.8) is 0 Å². The molecule has 0 spiro atoms. The van der Waals surface area contributed by atoms with Crippen molar-refractivity contribution in [2.24, 2.45) is 0 Å². The fourth-order valence-corrected chi connectivity index (χ4v) is 1.16. The maximum Gasteiger partial charge on any atom is 0.423 e. The van der Waals surface area contributed by atoms with E-state index in [2.05, 4.69) is 10.1 Å². The second-order valence-corrected chi connectivity index (χ2v) is 4.01. The van der Waals surface area contributed by atoms with Gasteiger partial charge in [-0.25, -0.2) is 0 Å². The van der Waals surface area contributed by atoms with E-state index in [9.17, 15) is 31.1 Å². The average Bonchev–Trinajstić information content (AvgIpc) is 2.10. The van der Waals surface area contributed by atoms with E-state index in [1.165, 1.54) is 13.8 Å². The summed E-state index contributed by atoms with van der Waals surface area (Å²) in [7, 11) is 0. The average molecular weight is 297 g/mol. The Hall–Kier alpha value is -1.03. The number of ether oxygens (including phenoxy) is 1. The van der Waals surface area contributed by atoms with Crippen LogP contribution < -0.4 is 5.32 Å². The van der Waals surface area contributed by atoms with E-state index in [0.717, 1.165) is 0 Å². The third kappa shape index (κ3) is 6.62. The van der Waals surface area contributed by atoms with Gasteiger partial charge in [-0.05, 0) is 0 Å². The highest BCUT2D eigenvalue weighted by atomic mass is 19.4.